The molecule has 1 aliphatic rings. The molecule has 1 fully saturated rings. The maximum atomic E-state index is 13.2. The van der Waals surface area contributed by atoms with Crippen LogP contribution in [0.3, 0.4) is 0 Å². The molecule has 1 aliphatic heterocycles. The molecule has 0 unspecified atom stereocenters. The fraction of sp³-hybridized carbons (Fsp3) is 0.381. The summed E-state index contributed by atoms with van der Waals surface area (Å²) in [5.74, 6) is -0.295. The van der Waals surface area contributed by atoms with Gasteiger partial charge in [-0.25, -0.2) is 9.97 Å². The third-order valence-corrected chi connectivity index (χ3v) is 4.88. The molecule has 0 saturated carbocycles. The van der Waals surface area contributed by atoms with Crippen molar-refractivity contribution in [3.8, 4) is 5.75 Å². The number of likely N-dealkylation sites (tertiary alicyclic amines) is 1. The number of alkyl halides is 3. The minimum atomic E-state index is -4.65. The van der Waals surface area contributed by atoms with Gasteiger partial charge in [-0.3, -0.25) is 10.2 Å². The number of nitrogens with one attached hydrogen (secondary N) is 3. The standard InChI is InChI=1S/C21H23F3N6O2S/c1-12(2)32-14-5-6-16(26-11-14)17(25)28-20(33)29-18-15(19(31)30-7-3-4-8-30)9-13(10-27-18)21(22,23)24/h5-6,9-12H,3-4,7-8H2,1-2H3,(H3,25,27,28,29,33). The molecule has 0 bridgehead atoms. The number of amides is 1. The molecule has 0 spiro atoms. The molecule has 33 heavy (non-hydrogen) atoms. The normalized spacial score (nSPS) is 13.7. The Morgan fingerprint density at radius 2 is 1.91 bits per heavy atom. The van der Waals surface area contributed by atoms with Crippen molar-refractivity contribution >= 4 is 34.9 Å². The van der Waals surface area contributed by atoms with E-state index in [2.05, 4.69) is 20.6 Å². The van der Waals surface area contributed by atoms with Crippen LogP contribution in [0.1, 0.15) is 48.3 Å². The van der Waals surface area contributed by atoms with Crippen molar-refractivity contribution < 1.29 is 22.7 Å². The number of rotatable bonds is 5. The molecule has 1 amide bonds. The number of ether oxygens (including phenoxy) is 1. The summed E-state index contributed by atoms with van der Waals surface area (Å²) in [4.78, 5) is 22.2. The predicted molar refractivity (Wildman–Crippen MR) is 121 cm³/mol. The molecule has 0 radical (unpaired) electrons. The minimum Gasteiger partial charge on any atom is -0.489 e. The van der Waals surface area contributed by atoms with Crippen LogP contribution in [-0.4, -0.2) is 50.9 Å². The lowest BCUT2D eigenvalue weighted by atomic mass is 10.1. The van der Waals surface area contributed by atoms with E-state index in [1.165, 1.54) is 11.1 Å². The maximum absolute atomic E-state index is 13.2. The van der Waals surface area contributed by atoms with Crippen molar-refractivity contribution in [1.82, 2.24) is 20.2 Å². The Morgan fingerprint density at radius 3 is 2.48 bits per heavy atom. The third-order valence-electron chi connectivity index (χ3n) is 4.67. The molecule has 3 rings (SSSR count). The molecule has 176 valence electrons. The summed E-state index contributed by atoms with van der Waals surface area (Å²) < 4.78 is 45.1. The van der Waals surface area contributed by atoms with Gasteiger partial charge in [0.05, 0.1) is 23.4 Å². The summed E-state index contributed by atoms with van der Waals surface area (Å²) in [7, 11) is 0. The van der Waals surface area contributed by atoms with Crippen molar-refractivity contribution in [3.05, 3.63) is 47.4 Å². The van der Waals surface area contributed by atoms with Crippen LogP contribution in [0.25, 0.3) is 0 Å². The van der Waals surface area contributed by atoms with Gasteiger partial charge in [-0.2, -0.15) is 13.2 Å². The van der Waals surface area contributed by atoms with E-state index in [1.807, 2.05) is 13.8 Å². The SMILES string of the molecule is CC(C)Oc1ccc(C(=N)NC(=S)Nc2ncc(C(F)(F)F)cc2C(=O)N2CCCC2)nc1. The van der Waals surface area contributed by atoms with E-state index in [9.17, 15) is 18.0 Å². The first-order chi connectivity index (χ1) is 15.5. The molecule has 0 aliphatic carbocycles. The summed E-state index contributed by atoms with van der Waals surface area (Å²) in [6.07, 6.45) is -1.01. The number of amidine groups is 1. The lowest BCUT2D eigenvalue weighted by Crippen LogP contribution is -2.36. The van der Waals surface area contributed by atoms with Crippen molar-refractivity contribution in [2.45, 2.75) is 39.0 Å². The van der Waals surface area contributed by atoms with E-state index in [0.29, 0.717) is 25.0 Å². The summed E-state index contributed by atoms with van der Waals surface area (Å²) in [5, 5.41) is 13.3. The second-order valence-electron chi connectivity index (χ2n) is 7.62. The Morgan fingerprint density at radius 1 is 1.21 bits per heavy atom. The molecule has 3 heterocycles. The zero-order valence-electron chi connectivity index (χ0n) is 18.0. The van der Waals surface area contributed by atoms with Crippen LogP contribution in [0.15, 0.2) is 30.6 Å². The van der Waals surface area contributed by atoms with Gasteiger partial charge in [-0.15, -0.1) is 0 Å². The highest BCUT2D eigenvalue weighted by Gasteiger charge is 2.33. The summed E-state index contributed by atoms with van der Waals surface area (Å²) in [6.45, 7) is 4.67. The number of carbonyl (C=O) groups excluding carboxylic acids is 1. The predicted octanol–water partition coefficient (Wildman–Crippen LogP) is 3.83. The van der Waals surface area contributed by atoms with Crippen LogP contribution in [0.2, 0.25) is 0 Å². The zero-order chi connectivity index (χ0) is 24.2. The number of thiocarbonyl (C=S) groups is 1. The van der Waals surface area contributed by atoms with Crippen molar-refractivity contribution in [2.24, 2.45) is 0 Å². The summed E-state index contributed by atoms with van der Waals surface area (Å²) in [5.41, 5.74) is -1.00. The highest BCUT2D eigenvalue weighted by Crippen LogP contribution is 2.31. The van der Waals surface area contributed by atoms with Crippen molar-refractivity contribution in [1.29, 1.82) is 5.41 Å². The number of nitrogens with zero attached hydrogens (tertiary/aromatic N) is 3. The highest BCUT2D eigenvalue weighted by atomic mass is 32.1. The number of aromatic nitrogens is 2. The fourth-order valence-electron chi connectivity index (χ4n) is 3.16. The number of anilines is 1. The Hall–Kier alpha value is -3.28. The van der Waals surface area contributed by atoms with Gasteiger partial charge in [0.2, 0.25) is 0 Å². The second kappa shape index (κ2) is 10.1. The monoisotopic (exact) mass is 480 g/mol. The van der Waals surface area contributed by atoms with Gasteiger partial charge in [0.25, 0.3) is 5.91 Å². The Kier molecular flexibility index (Phi) is 7.46. The average Bonchev–Trinajstić information content (AvgIpc) is 3.27. The van der Waals surface area contributed by atoms with Crippen LogP contribution in [0.4, 0.5) is 19.0 Å². The quantitative estimate of drug-likeness (QED) is 0.340. The molecule has 0 aromatic carbocycles. The van der Waals surface area contributed by atoms with Gasteiger partial charge >= 0.3 is 6.18 Å². The van der Waals surface area contributed by atoms with Gasteiger partial charge < -0.3 is 20.3 Å². The van der Waals surface area contributed by atoms with Crippen LogP contribution < -0.4 is 15.4 Å². The Labute approximate surface area is 194 Å². The first kappa shape index (κ1) is 24.4. The van der Waals surface area contributed by atoms with Crippen LogP contribution in [0.5, 0.6) is 5.75 Å². The molecule has 2 aromatic rings. The lowest BCUT2D eigenvalue weighted by Gasteiger charge is -2.19. The molecule has 2 aromatic heterocycles. The second-order valence-corrected chi connectivity index (χ2v) is 8.03. The third kappa shape index (κ3) is 6.37. The van der Waals surface area contributed by atoms with E-state index in [1.54, 1.807) is 12.1 Å². The van der Waals surface area contributed by atoms with Crippen molar-refractivity contribution in [3.63, 3.8) is 0 Å². The number of hydrogen-bond donors (Lipinski definition) is 3. The number of halogens is 3. The average molecular weight is 481 g/mol. The van der Waals surface area contributed by atoms with Gasteiger partial charge in [0, 0.05) is 19.3 Å². The molecule has 12 heteroatoms. The van der Waals surface area contributed by atoms with Crippen LogP contribution >= 0.6 is 12.2 Å². The number of hydrogen-bond acceptors (Lipinski definition) is 6. The molecule has 0 atom stereocenters. The zero-order valence-corrected chi connectivity index (χ0v) is 18.8. The van der Waals surface area contributed by atoms with E-state index < -0.39 is 17.6 Å². The molecule has 8 nitrogen and oxygen atoms in total. The van der Waals surface area contributed by atoms with Gasteiger partial charge in [-0.1, -0.05) is 0 Å². The van der Waals surface area contributed by atoms with E-state index in [4.69, 9.17) is 22.4 Å². The van der Waals surface area contributed by atoms with E-state index in [-0.39, 0.29) is 34.1 Å². The van der Waals surface area contributed by atoms with E-state index >= 15 is 0 Å². The largest absolute Gasteiger partial charge is 0.489 e. The van der Waals surface area contributed by atoms with Gasteiger partial charge in [0.15, 0.2) is 10.9 Å². The van der Waals surface area contributed by atoms with Crippen molar-refractivity contribution in [2.75, 3.05) is 18.4 Å². The first-order valence-corrected chi connectivity index (χ1v) is 10.6. The first-order valence-electron chi connectivity index (χ1n) is 10.2. The molecule has 1 saturated heterocycles. The number of pyridine rings is 2. The molecular formula is C21H23F3N6O2S. The molecular weight excluding hydrogens is 457 g/mol. The van der Waals surface area contributed by atoms with Crippen LogP contribution in [-0.2, 0) is 6.18 Å². The minimum absolute atomic E-state index is 0.0271. The summed E-state index contributed by atoms with van der Waals surface area (Å²) in [6, 6.07) is 3.98. The highest BCUT2D eigenvalue weighted by molar-refractivity contribution is 7.80. The number of carbonyl (C=O) groups is 1. The maximum Gasteiger partial charge on any atom is 0.417 e. The van der Waals surface area contributed by atoms with Gasteiger partial charge in [0.1, 0.15) is 17.3 Å². The Balaban J connectivity index is 1.75. The fourth-order valence-corrected chi connectivity index (χ4v) is 3.36. The topological polar surface area (TPSA) is 103 Å². The molecule has 3 N–H and O–H groups in total. The van der Waals surface area contributed by atoms with Crippen LogP contribution in [0, 0.1) is 5.41 Å². The summed E-state index contributed by atoms with van der Waals surface area (Å²) >= 11 is 5.18. The smallest absolute Gasteiger partial charge is 0.417 e. The van der Waals surface area contributed by atoms with E-state index in [0.717, 1.165) is 18.9 Å². The Bertz CT molecular complexity index is 1040. The van der Waals surface area contributed by atoms with Gasteiger partial charge in [-0.05, 0) is 57.1 Å². The lowest BCUT2D eigenvalue weighted by molar-refractivity contribution is -0.137.